The average molecular weight is 271 g/mol. The number of nitrogens with one attached hydrogen (secondary N) is 2. The van der Waals surface area contributed by atoms with Gasteiger partial charge in [-0.25, -0.2) is 4.79 Å². The molecule has 0 radical (unpaired) electrons. The third kappa shape index (κ3) is 5.36. The highest BCUT2D eigenvalue weighted by molar-refractivity contribution is 6.04. The van der Waals surface area contributed by atoms with Crippen LogP contribution in [-0.2, 0) is 14.4 Å². The lowest BCUT2D eigenvalue weighted by atomic mass is 10.2. The Morgan fingerprint density at radius 3 is 2.58 bits per heavy atom. The first-order chi connectivity index (χ1) is 9.00. The van der Waals surface area contributed by atoms with Crippen LogP contribution in [0.25, 0.3) is 0 Å². The van der Waals surface area contributed by atoms with Crippen molar-refractivity contribution in [1.82, 2.24) is 15.5 Å². The van der Waals surface area contributed by atoms with Gasteiger partial charge in [-0.2, -0.15) is 0 Å². The van der Waals surface area contributed by atoms with Gasteiger partial charge < -0.3 is 15.7 Å². The molecule has 0 spiro atoms. The second-order valence-electron chi connectivity index (χ2n) is 4.19. The minimum absolute atomic E-state index is 0.0682. The quantitative estimate of drug-likeness (QED) is 0.399. The standard InChI is InChI=1S/C11H17N3O5/c15-8(7-14-9(16)6-13-11(14)19)12-5-3-1-2-4-10(17)18/h1-7H2,(H,12,15)(H,13,19)(H,17,18). The molecule has 0 saturated carbocycles. The summed E-state index contributed by atoms with van der Waals surface area (Å²) in [6, 6.07) is -0.554. The van der Waals surface area contributed by atoms with Gasteiger partial charge in [0, 0.05) is 13.0 Å². The molecule has 0 unspecified atom stereocenters. The number of amides is 4. The maximum Gasteiger partial charge on any atom is 0.325 e. The van der Waals surface area contributed by atoms with E-state index < -0.39 is 23.8 Å². The summed E-state index contributed by atoms with van der Waals surface area (Å²) in [5, 5.41) is 13.3. The summed E-state index contributed by atoms with van der Waals surface area (Å²) in [4.78, 5) is 44.9. The zero-order valence-corrected chi connectivity index (χ0v) is 10.5. The van der Waals surface area contributed by atoms with Crippen molar-refractivity contribution in [3.63, 3.8) is 0 Å². The summed E-state index contributed by atoms with van der Waals surface area (Å²) >= 11 is 0. The molecule has 19 heavy (non-hydrogen) atoms. The number of unbranched alkanes of at least 4 members (excludes halogenated alkanes) is 2. The highest BCUT2D eigenvalue weighted by atomic mass is 16.4. The van der Waals surface area contributed by atoms with E-state index in [4.69, 9.17) is 5.11 Å². The van der Waals surface area contributed by atoms with E-state index in [9.17, 15) is 19.2 Å². The van der Waals surface area contributed by atoms with Crippen molar-refractivity contribution in [2.45, 2.75) is 25.7 Å². The van der Waals surface area contributed by atoms with Crippen molar-refractivity contribution < 1.29 is 24.3 Å². The zero-order chi connectivity index (χ0) is 14.3. The molecule has 8 nitrogen and oxygen atoms in total. The maximum absolute atomic E-state index is 11.5. The number of carbonyl (C=O) groups is 4. The molecule has 106 valence electrons. The highest BCUT2D eigenvalue weighted by Gasteiger charge is 2.29. The van der Waals surface area contributed by atoms with Crippen molar-refractivity contribution in [2.24, 2.45) is 0 Å². The van der Waals surface area contributed by atoms with Gasteiger partial charge in [0.2, 0.25) is 5.91 Å². The summed E-state index contributed by atoms with van der Waals surface area (Å²) in [6.45, 7) is 0.0587. The largest absolute Gasteiger partial charge is 0.481 e. The van der Waals surface area contributed by atoms with Crippen LogP contribution in [0.4, 0.5) is 4.79 Å². The molecule has 1 fully saturated rings. The zero-order valence-electron chi connectivity index (χ0n) is 10.5. The molecule has 3 N–H and O–H groups in total. The summed E-state index contributed by atoms with van der Waals surface area (Å²) in [5.41, 5.74) is 0. The second kappa shape index (κ2) is 7.34. The van der Waals surface area contributed by atoms with E-state index in [-0.39, 0.29) is 19.5 Å². The van der Waals surface area contributed by atoms with Crippen LogP contribution < -0.4 is 10.6 Å². The van der Waals surface area contributed by atoms with Gasteiger partial charge >= 0.3 is 12.0 Å². The third-order valence-corrected chi connectivity index (χ3v) is 2.63. The Kier molecular flexibility index (Phi) is 5.77. The van der Waals surface area contributed by atoms with Crippen molar-refractivity contribution in [3.8, 4) is 0 Å². The number of aliphatic carboxylic acids is 1. The van der Waals surface area contributed by atoms with Crippen LogP contribution in [0.2, 0.25) is 0 Å². The van der Waals surface area contributed by atoms with Crippen molar-refractivity contribution in [2.75, 3.05) is 19.6 Å². The molecule has 1 saturated heterocycles. The van der Waals surface area contributed by atoms with Crippen LogP contribution in [0.1, 0.15) is 25.7 Å². The Hall–Kier alpha value is -2.12. The number of rotatable bonds is 8. The number of carboxylic acids is 1. The van der Waals surface area contributed by atoms with E-state index in [0.29, 0.717) is 25.8 Å². The number of nitrogens with zero attached hydrogens (tertiary/aromatic N) is 1. The molecule has 1 aliphatic heterocycles. The Morgan fingerprint density at radius 2 is 2.00 bits per heavy atom. The summed E-state index contributed by atoms with van der Waals surface area (Å²) in [7, 11) is 0. The number of hydrogen-bond acceptors (Lipinski definition) is 4. The summed E-state index contributed by atoms with van der Waals surface area (Å²) in [6.07, 6.45) is 2.06. The molecule has 0 atom stereocenters. The molecule has 1 aliphatic rings. The minimum atomic E-state index is -0.831. The number of hydrogen-bond donors (Lipinski definition) is 3. The molecular weight excluding hydrogens is 254 g/mol. The molecule has 0 bridgehead atoms. The molecule has 0 aromatic heterocycles. The Labute approximate surface area is 110 Å². The van der Waals surface area contributed by atoms with Crippen LogP contribution in [0, 0.1) is 0 Å². The number of carboxylic acid groups (broad SMARTS) is 1. The lowest BCUT2D eigenvalue weighted by Gasteiger charge is -2.11. The van der Waals surface area contributed by atoms with Gasteiger partial charge in [-0.1, -0.05) is 6.42 Å². The Bertz CT molecular complexity index is 367. The molecule has 0 aromatic carbocycles. The Balaban J connectivity index is 2.10. The molecule has 1 rings (SSSR count). The van der Waals surface area contributed by atoms with Crippen molar-refractivity contribution in [3.05, 3.63) is 0 Å². The molecular formula is C11H17N3O5. The average Bonchev–Trinajstić information content (AvgIpc) is 2.65. The van der Waals surface area contributed by atoms with Gasteiger partial charge in [0.25, 0.3) is 5.91 Å². The van der Waals surface area contributed by atoms with Crippen LogP contribution >= 0.6 is 0 Å². The van der Waals surface area contributed by atoms with E-state index in [0.717, 1.165) is 4.90 Å². The van der Waals surface area contributed by atoms with E-state index in [1.54, 1.807) is 0 Å². The van der Waals surface area contributed by atoms with Crippen LogP contribution in [0.3, 0.4) is 0 Å². The third-order valence-electron chi connectivity index (χ3n) is 2.63. The first kappa shape index (κ1) is 14.9. The first-order valence-corrected chi connectivity index (χ1v) is 6.07. The molecule has 0 aromatic rings. The van der Waals surface area contributed by atoms with Crippen LogP contribution in [0.15, 0.2) is 0 Å². The van der Waals surface area contributed by atoms with Crippen molar-refractivity contribution in [1.29, 1.82) is 0 Å². The smallest absolute Gasteiger partial charge is 0.325 e. The van der Waals surface area contributed by atoms with Gasteiger partial charge in [0.05, 0.1) is 6.54 Å². The maximum atomic E-state index is 11.5. The second-order valence-corrected chi connectivity index (χ2v) is 4.19. The topological polar surface area (TPSA) is 116 Å². The van der Waals surface area contributed by atoms with E-state index in [2.05, 4.69) is 10.6 Å². The predicted molar refractivity (Wildman–Crippen MR) is 64.2 cm³/mol. The number of carbonyl (C=O) groups excluding carboxylic acids is 3. The predicted octanol–water partition coefficient (Wildman–Crippen LogP) is -0.701. The SMILES string of the molecule is O=C(O)CCCCCNC(=O)CN1C(=O)CNC1=O. The van der Waals surface area contributed by atoms with E-state index >= 15 is 0 Å². The lowest BCUT2D eigenvalue weighted by Crippen LogP contribution is -2.41. The molecule has 0 aliphatic carbocycles. The summed E-state index contributed by atoms with van der Waals surface area (Å²) < 4.78 is 0. The van der Waals surface area contributed by atoms with Gasteiger partial charge in [-0.15, -0.1) is 0 Å². The normalized spacial score (nSPS) is 14.4. The van der Waals surface area contributed by atoms with E-state index in [1.807, 2.05) is 0 Å². The fraction of sp³-hybridized carbons (Fsp3) is 0.636. The highest BCUT2D eigenvalue weighted by Crippen LogP contribution is 2.00. The van der Waals surface area contributed by atoms with Gasteiger partial charge in [-0.05, 0) is 12.8 Å². The van der Waals surface area contributed by atoms with Crippen molar-refractivity contribution >= 4 is 23.8 Å². The monoisotopic (exact) mass is 271 g/mol. The molecule has 8 heteroatoms. The minimum Gasteiger partial charge on any atom is -0.481 e. The number of imide groups is 1. The number of urea groups is 1. The van der Waals surface area contributed by atoms with Gasteiger partial charge in [0.1, 0.15) is 6.54 Å². The van der Waals surface area contributed by atoms with Crippen LogP contribution in [-0.4, -0.2) is 53.5 Å². The lowest BCUT2D eigenvalue weighted by molar-refractivity contribution is -0.137. The fourth-order valence-electron chi connectivity index (χ4n) is 1.62. The van der Waals surface area contributed by atoms with Gasteiger partial charge in [-0.3, -0.25) is 19.3 Å². The first-order valence-electron chi connectivity index (χ1n) is 6.07. The Morgan fingerprint density at radius 1 is 1.26 bits per heavy atom. The molecule has 1 heterocycles. The van der Waals surface area contributed by atoms with Gasteiger partial charge in [0.15, 0.2) is 0 Å². The van der Waals surface area contributed by atoms with Crippen LogP contribution in [0.5, 0.6) is 0 Å². The molecule has 4 amide bonds. The fourth-order valence-corrected chi connectivity index (χ4v) is 1.62. The summed E-state index contributed by atoms with van der Waals surface area (Å²) in [5.74, 6) is -1.65. The van der Waals surface area contributed by atoms with E-state index in [1.165, 1.54) is 0 Å².